The van der Waals surface area contributed by atoms with Gasteiger partial charge in [-0.05, 0) is 18.2 Å². The Kier molecular flexibility index (Phi) is 5.75. The second kappa shape index (κ2) is 8.01. The standard InChI is InChI=1S/C18H26N4O2S/c1-13(2)17-19-20-18(25-17)22-9-7-21(8-10-22)12-14-11-15(23-3)5-6-16(14)24-4/h5-6,11,13H,7-10,12H2,1-4H3. The first kappa shape index (κ1) is 17.9. The molecule has 0 bridgehead atoms. The second-order valence-corrected chi connectivity index (χ2v) is 7.51. The Hall–Kier alpha value is -1.86. The molecule has 1 aliphatic heterocycles. The molecule has 0 unspecified atom stereocenters. The summed E-state index contributed by atoms with van der Waals surface area (Å²) in [5, 5.41) is 10.8. The molecule has 0 N–H and O–H groups in total. The van der Waals surface area contributed by atoms with E-state index in [0.717, 1.165) is 59.9 Å². The van der Waals surface area contributed by atoms with Gasteiger partial charge < -0.3 is 14.4 Å². The molecule has 25 heavy (non-hydrogen) atoms. The molecule has 0 radical (unpaired) electrons. The third-order valence-electron chi connectivity index (χ3n) is 4.45. The number of anilines is 1. The van der Waals surface area contributed by atoms with Crippen molar-refractivity contribution in [2.75, 3.05) is 45.3 Å². The summed E-state index contributed by atoms with van der Waals surface area (Å²) in [4.78, 5) is 4.78. The van der Waals surface area contributed by atoms with E-state index >= 15 is 0 Å². The Balaban J connectivity index is 1.61. The Labute approximate surface area is 153 Å². The monoisotopic (exact) mass is 362 g/mol. The summed E-state index contributed by atoms with van der Waals surface area (Å²) in [5.74, 6) is 2.21. The lowest BCUT2D eigenvalue weighted by molar-refractivity contribution is 0.245. The predicted molar refractivity (Wildman–Crippen MR) is 101 cm³/mol. The van der Waals surface area contributed by atoms with Gasteiger partial charge in [0.15, 0.2) is 0 Å². The lowest BCUT2D eigenvalue weighted by Crippen LogP contribution is -2.46. The van der Waals surface area contributed by atoms with Crippen LogP contribution < -0.4 is 14.4 Å². The zero-order valence-corrected chi connectivity index (χ0v) is 16.2. The molecule has 0 aliphatic carbocycles. The minimum atomic E-state index is 0.438. The van der Waals surface area contributed by atoms with Gasteiger partial charge in [0.25, 0.3) is 0 Å². The number of piperazine rings is 1. The molecule has 1 aliphatic rings. The van der Waals surface area contributed by atoms with Crippen molar-refractivity contribution in [2.24, 2.45) is 0 Å². The van der Waals surface area contributed by atoms with Crippen molar-refractivity contribution >= 4 is 16.5 Å². The topological polar surface area (TPSA) is 50.7 Å². The fraction of sp³-hybridized carbons (Fsp3) is 0.556. The average Bonchev–Trinajstić information content (AvgIpc) is 3.13. The highest BCUT2D eigenvalue weighted by Gasteiger charge is 2.21. The van der Waals surface area contributed by atoms with Crippen molar-refractivity contribution in [3.8, 4) is 11.5 Å². The van der Waals surface area contributed by atoms with E-state index in [4.69, 9.17) is 9.47 Å². The van der Waals surface area contributed by atoms with E-state index in [1.165, 1.54) is 0 Å². The zero-order valence-electron chi connectivity index (χ0n) is 15.4. The number of ether oxygens (including phenoxy) is 2. The minimum absolute atomic E-state index is 0.438. The predicted octanol–water partition coefficient (Wildman–Crippen LogP) is 3.00. The third kappa shape index (κ3) is 4.22. The molecule has 7 heteroatoms. The molecule has 3 rings (SSSR count). The van der Waals surface area contributed by atoms with Gasteiger partial charge in [-0.25, -0.2) is 0 Å². The summed E-state index contributed by atoms with van der Waals surface area (Å²) in [7, 11) is 3.41. The van der Waals surface area contributed by atoms with E-state index in [9.17, 15) is 0 Å². The molecule has 0 amide bonds. The maximum atomic E-state index is 5.49. The molecule has 1 saturated heterocycles. The number of rotatable bonds is 6. The maximum Gasteiger partial charge on any atom is 0.208 e. The molecule has 0 spiro atoms. The van der Waals surface area contributed by atoms with Crippen LogP contribution in [0.1, 0.15) is 30.3 Å². The largest absolute Gasteiger partial charge is 0.497 e. The summed E-state index contributed by atoms with van der Waals surface area (Å²) in [5.41, 5.74) is 1.16. The fourth-order valence-corrected chi connectivity index (χ4v) is 3.83. The molecular weight excluding hydrogens is 336 g/mol. The van der Waals surface area contributed by atoms with Crippen LogP contribution in [0.3, 0.4) is 0 Å². The first-order valence-electron chi connectivity index (χ1n) is 8.62. The van der Waals surface area contributed by atoms with Crippen LogP contribution in [-0.2, 0) is 6.54 Å². The van der Waals surface area contributed by atoms with Crippen LogP contribution >= 0.6 is 11.3 Å². The lowest BCUT2D eigenvalue weighted by Gasteiger charge is -2.34. The Morgan fingerprint density at radius 2 is 1.84 bits per heavy atom. The lowest BCUT2D eigenvalue weighted by atomic mass is 10.1. The van der Waals surface area contributed by atoms with Crippen LogP contribution in [0.15, 0.2) is 18.2 Å². The molecule has 2 aromatic rings. The van der Waals surface area contributed by atoms with Crippen molar-refractivity contribution in [3.63, 3.8) is 0 Å². The van der Waals surface area contributed by atoms with Gasteiger partial charge in [-0.1, -0.05) is 25.2 Å². The minimum Gasteiger partial charge on any atom is -0.497 e. The third-order valence-corrected chi connectivity index (χ3v) is 5.73. The highest BCUT2D eigenvalue weighted by Crippen LogP contribution is 2.28. The van der Waals surface area contributed by atoms with Gasteiger partial charge in [0, 0.05) is 44.2 Å². The van der Waals surface area contributed by atoms with Crippen molar-refractivity contribution < 1.29 is 9.47 Å². The quantitative estimate of drug-likeness (QED) is 0.787. The van der Waals surface area contributed by atoms with E-state index in [0.29, 0.717) is 5.92 Å². The Bertz CT molecular complexity index is 696. The van der Waals surface area contributed by atoms with Crippen molar-refractivity contribution in [1.82, 2.24) is 15.1 Å². The highest BCUT2D eigenvalue weighted by atomic mass is 32.1. The van der Waals surface area contributed by atoms with E-state index in [1.807, 2.05) is 12.1 Å². The van der Waals surface area contributed by atoms with Crippen molar-refractivity contribution in [3.05, 3.63) is 28.8 Å². The molecule has 136 valence electrons. The SMILES string of the molecule is COc1ccc(OC)c(CN2CCN(c3nnc(C(C)C)s3)CC2)c1. The molecular formula is C18H26N4O2S. The van der Waals surface area contributed by atoms with Gasteiger partial charge in [0.05, 0.1) is 14.2 Å². The van der Waals surface area contributed by atoms with Crippen molar-refractivity contribution in [1.29, 1.82) is 0 Å². The van der Waals surface area contributed by atoms with Crippen LogP contribution in [0.5, 0.6) is 11.5 Å². The molecule has 0 saturated carbocycles. The summed E-state index contributed by atoms with van der Waals surface area (Å²) < 4.78 is 10.8. The van der Waals surface area contributed by atoms with Crippen LogP contribution in [-0.4, -0.2) is 55.5 Å². The van der Waals surface area contributed by atoms with E-state index in [1.54, 1.807) is 25.6 Å². The van der Waals surface area contributed by atoms with Gasteiger partial charge in [-0.2, -0.15) is 0 Å². The summed E-state index contributed by atoms with van der Waals surface area (Å²) in [6.45, 7) is 9.11. The molecule has 1 aromatic carbocycles. The van der Waals surface area contributed by atoms with E-state index in [2.05, 4.69) is 39.9 Å². The number of benzene rings is 1. The first-order valence-corrected chi connectivity index (χ1v) is 9.44. The van der Waals surface area contributed by atoms with Crippen LogP contribution in [0.25, 0.3) is 0 Å². The average molecular weight is 362 g/mol. The Morgan fingerprint density at radius 1 is 1.08 bits per heavy atom. The van der Waals surface area contributed by atoms with Crippen LogP contribution in [0, 0.1) is 0 Å². The summed E-state index contributed by atoms with van der Waals surface area (Å²) in [6.07, 6.45) is 0. The zero-order chi connectivity index (χ0) is 17.8. The van der Waals surface area contributed by atoms with Gasteiger partial charge in [0.2, 0.25) is 5.13 Å². The fourth-order valence-electron chi connectivity index (χ4n) is 2.93. The second-order valence-electron chi connectivity index (χ2n) is 6.52. The Morgan fingerprint density at radius 3 is 2.44 bits per heavy atom. The molecule has 2 heterocycles. The van der Waals surface area contributed by atoms with E-state index < -0.39 is 0 Å². The van der Waals surface area contributed by atoms with Gasteiger partial charge in [-0.15, -0.1) is 10.2 Å². The number of methoxy groups -OCH3 is 2. The van der Waals surface area contributed by atoms with E-state index in [-0.39, 0.29) is 0 Å². The number of aromatic nitrogens is 2. The highest BCUT2D eigenvalue weighted by molar-refractivity contribution is 7.15. The van der Waals surface area contributed by atoms with Gasteiger partial charge in [0.1, 0.15) is 16.5 Å². The normalized spacial score (nSPS) is 15.6. The number of nitrogens with zero attached hydrogens (tertiary/aromatic N) is 4. The van der Waals surface area contributed by atoms with Crippen LogP contribution in [0.4, 0.5) is 5.13 Å². The van der Waals surface area contributed by atoms with Gasteiger partial charge >= 0.3 is 0 Å². The summed E-state index contributed by atoms with van der Waals surface area (Å²) >= 11 is 1.71. The smallest absolute Gasteiger partial charge is 0.208 e. The summed E-state index contributed by atoms with van der Waals surface area (Å²) in [6, 6.07) is 5.96. The first-order chi connectivity index (χ1) is 12.1. The molecule has 6 nitrogen and oxygen atoms in total. The van der Waals surface area contributed by atoms with Crippen molar-refractivity contribution in [2.45, 2.75) is 26.3 Å². The molecule has 1 aromatic heterocycles. The number of hydrogen-bond donors (Lipinski definition) is 0. The van der Waals surface area contributed by atoms with Crippen LogP contribution in [0.2, 0.25) is 0 Å². The number of hydrogen-bond acceptors (Lipinski definition) is 7. The maximum absolute atomic E-state index is 5.49. The molecule has 1 fully saturated rings. The van der Waals surface area contributed by atoms with Gasteiger partial charge in [-0.3, -0.25) is 4.90 Å². The molecule has 0 atom stereocenters.